The maximum Gasteiger partial charge on any atom is 0.321 e. The van der Waals surface area contributed by atoms with Crippen LogP contribution in [0.4, 0.5) is 4.79 Å². The molecule has 1 aliphatic rings. The molecule has 1 saturated heterocycles. The van der Waals surface area contributed by atoms with Gasteiger partial charge in [0.2, 0.25) is 5.91 Å². The number of carbonyl (C=O) groups is 4. The fourth-order valence-electron chi connectivity index (χ4n) is 3.01. The summed E-state index contributed by atoms with van der Waals surface area (Å²) in [4.78, 5) is 49.9. The lowest BCUT2D eigenvalue weighted by Gasteiger charge is -2.30. The molecule has 1 heterocycles. The van der Waals surface area contributed by atoms with E-state index >= 15 is 0 Å². The van der Waals surface area contributed by atoms with Crippen LogP contribution in [0.5, 0.6) is 0 Å². The molecule has 0 saturated carbocycles. The number of esters is 1. The van der Waals surface area contributed by atoms with Gasteiger partial charge in [-0.15, -0.1) is 0 Å². The summed E-state index contributed by atoms with van der Waals surface area (Å²) in [6.45, 7) is 5.83. The number of imide groups is 1. The number of nitrogens with one attached hydrogen (secondary N) is 2. The maximum absolute atomic E-state index is 12.3. The van der Waals surface area contributed by atoms with Crippen molar-refractivity contribution in [2.45, 2.75) is 45.8 Å². The molecule has 8 nitrogen and oxygen atoms in total. The van der Waals surface area contributed by atoms with Gasteiger partial charge in [-0.05, 0) is 45.3 Å². The van der Waals surface area contributed by atoms with Crippen LogP contribution >= 0.6 is 0 Å². The summed E-state index contributed by atoms with van der Waals surface area (Å²) in [6, 6.07) is 8.79. The van der Waals surface area contributed by atoms with E-state index in [9.17, 15) is 19.2 Å². The molecular weight excluding hydrogens is 386 g/mol. The Morgan fingerprint density at radius 3 is 2.30 bits per heavy atom. The summed E-state index contributed by atoms with van der Waals surface area (Å²) in [7, 11) is 0. The first-order chi connectivity index (χ1) is 14.3. The van der Waals surface area contributed by atoms with Crippen molar-refractivity contribution in [2.75, 3.05) is 13.1 Å². The van der Waals surface area contributed by atoms with Gasteiger partial charge in [-0.2, -0.15) is 0 Å². The third-order valence-electron chi connectivity index (χ3n) is 4.68. The average Bonchev–Trinajstić information content (AvgIpc) is 2.72. The number of carbonyl (C=O) groups excluding carboxylic acids is 4. The van der Waals surface area contributed by atoms with E-state index in [0.29, 0.717) is 25.9 Å². The molecule has 8 heteroatoms. The zero-order valence-electron chi connectivity index (χ0n) is 17.6. The Hall–Kier alpha value is -3.16. The van der Waals surface area contributed by atoms with Crippen molar-refractivity contribution < 1.29 is 23.9 Å². The van der Waals surface area contributed by atoms with Crippen LogP contribution < -0.4 is 10.6 Å². The topological polar surface area (TPSA) is 105 Å². The molecule has 1 aromatic carbocycles. The minimum Gasteiger partial charge on any atom is -0.452 e. The minimum absolute atomic E-state index is 0.102. The number of urea groups is 1. The summed E-state index contributed by atoms with van der Waals surface area (Å²) in [5.74, 6) is -1.66. The molecule has 0 unspecified atom stereocenters. The van der Waals surface area contributed by atoms with Gasteiger partial charge in [0.1, 0.15) is 0 Å². The molecule has 2 N–H and O–H groups in total. The van der Waals surface area contributed by atoms with Crippen LogP contribution in [0.15, 0.2) is 36.4 Å². The van der Waals surface area contributed by atoms with Crippen LogP contribution in [0.1, 0.15) is 39.2 Å². The fraction of sp³-hybridized carbons (Fsp3) is 0.455. The minimum atomic E-state index is -1.08. The normalized spacial score (nSPS) is 15.7. The number of likely N-dealkylation sites (tertiary alicyclic amines) is 1. The van der Waals surface area contributed by atoms with E-state index in [0.717, 1.165) is 5.56 Å². The van der Waals surface area contributed by atoms with Gasteiger partial charge >= 0.3 is 12.0 Å². The Kier molecular flexibility index (Phi) is 8.58. The van der Waals surface area contributed by atoms with Crippen LogP contribution in [0.25, 0.3) is 6.08 Å². The Labute approximate surface area is 176 Å². The van der Waals surface area contributed by atoms with Gasteiger partial charge in [0.25, 0.3) is 5.91 Å². The second-order valence-electron chi connectivity index (χ2n) is 7.54. The lowest BCUT2D eigenvalue weighted by atomic mass is 9.97. The highest BCUT2D eigenvalue weighted by molar-refractivity contribution is 5.97. The highest BCUT2D eigenvalue weighted by atomic mass is 16.5. The van der Waals surface area contributed by atoms with Crippen molar-refractivity contribution in [3.05, 3.63) is 42.0 Å². The standard InChI is InChI=1S/C22H29N3O5/c1-15(2)23-22(29)24-20(27)16(3)30-21(28)18-11-13-25(14-12-18)19(26)10-9-17-7-5-4-6-8-17/h4-10,15-16,18H,11-14H2,1-3H3,(H2,23,24,27,29)/b10-9+/t16-/m0/s1. The second-order valence-corrected chi connectivity index (χ2v) is 7.54. The van der Waals surface area contributed by atoms with Gasteiger partial charge in [0.15, 0.2) is 6.10 Å². The summed E-state index contributed by atoms with van der Waals surface area (Å²) in [5.41, 5.74) is 0.943. The molecule has 4 amide bonds. The number of rotatable bonds is 6. The molecule has 1 atom stereocenters. The number of hydrogen-bond donors (Lipinski definition) is 2. The molecule has 1 aromatic rings. The van der Waals surface area contributed by atoms with E-state index in [1.807, 2.05) is 30.3 Å². The maximum atomic E-state index is 12.3. The van der Waals surface area contributed by atoms with Crippen LogP contribution in [-0.4, -0.2) is 54.0 Å². The van der Waals surface area contributed by atoms with Crippen LogP contribution in [-0.2, 0) is 19.1 Å². The van der Waals surface area contributed by atoms with E-state index in [1.165, 1.54) is 13.0 Å². The van der Waals surface area contributed by atoms with E-state index in [-0.39, 0.29) is 17.9 Å². The van der Waals surface area contributed by atoms with Gasteiger partial charge in [0, 0.05) is 25.2 Å². The summed E-state index contributed by atoms with van der Waals surface area (Å²) in [5, 5.41) is 4.67. The largest absolute Gasteiger partial charge is 0.452 e. The van der Waals surface area contributed by atoms with Crippen molar-refractivity contribution in [3.8, 4) is 0 Å². The first-order valence-corrected chi connectivity index (χ1v) is 10.1. The monoisotopic (exact) mass is 415 g/mol. The molecule has 0 bridgehead atoms. The van der Waals surface area contributed by atoms with Crippen molar-refractivity contribution in [3.63, 3.8) is 0 Å². The third-order valence-corrected chi connectivity index (χ3v) is 4.68. The quantitative estimate of drug-likeness (QED) is 0.547. The van der Waals surface area contributed by atoms with Gasteiger partial charge in [-0.25, -0.2) is 4.79 Å². The summed E-state index contributed by atoms with van der Waals surface area (Å²) < 4.78 is 5.21. The smallest absolute Gasteiger partial charge is 0.321 e. The van der Waals surface area contributed by atoms with Crippen molar-refractivity contribution in [2.24, 2.45) is 5.92 Å². The molecule has 0 aliphatic carbocycles. The van der Waals surface area contributed by atoms with E-state index in [2.05, 4.69) is 10.6 Å². The molecule has 2 rings (SSSR count). The first-order valence-electron chi connectivity index (χ1n) is 10.1. The number of piperidine rings is 1. The van der Waals surface area contributed by atoms with E-state index in [1.54, 1.807) is 24.8 Å². The summed E-state index contributed by atoms with van der Waals surface area (Å²) in [6.07, 6.45) is 3.14. The lowest BCUT2D eigenvalue weighted by Crippen LogP contribution is -2.47. The number of nitrogens with zero attached hydrogens (tertiary/aromatic N) is 1. The highest BCUT2D eigenvalue weighted by Gasteiger charge is 2.30. The van der Waals surface area contributed by atoms with E-state index in [4.69, 9.17) is 4.74 Å². The first kappa shape index (κ1) is 23.1. The van der Waals surface area contributed by atoms with Crippen molar-refractivity contribution in [1.29, 1.82) is 0 Å². The second kappa shape index (κ2) is 11.1. The zero-order chi connectivity index (χ0) is 22.1. The molecule has 0 aromatic heterocycles. The van der Waals surface area contributed by atoms with Gasteiger partial charge in [0.05, 0.1) is 5.92 Å². The molecule has 1 aliphatic heterocycles. The molecule has 0 radical (unpaired) electrons. The number of hydrogen-bond acceptors (Lipinski definition) is 5. The Morgan fingerprint density at radius 2 is 1.70 bits per heavy atom. The number of benzene rings is 1. The van der Waals surface area contributed by atoms with Gasteiger partial charge < -0.3 is 15.0 Å². The highest BCUT2D eigenvalue weighted by Crippen LogP contribution is 2.20. The van der Waals surface area contributed by atoms with Crippen LogP contribution in [0.3, 0.4) is 0 Å². The Morgan fingerprint density at radius 1 is 1.07 bits per heavy atom. The lowest BCUT2D eigenvalue weighted by molar-refractivity contribution is -0.160. The average molecular weight is 415 g/mol. The molecule has 0 spiro atoms. The molecule has 30 heavy (non-hydrogen) atoms. The van der Waals surface area contributed by atoms with Crippen LogP contribution in [0.2, 0.25) is 0 Å². The van der Waals surface area contributed by atoms with E-state index < -0.39 is 24.0 Å². The fourth-order valence-corrected chi connectivity index (χ4v) is 3.01. The molecule has 162 valence electrons. The predicted octanol–water partition coefficient (Wildman–Crippen LogP) is 2.10. The zero-order valence-corrected chi connectivity index (χ0v) is 17.6. The Balaban J connectivity index is 1.76. The molecular formula is C22H29N3O5. The third kappa shape index (κ3) is 7.35. The molecule has 1 fully saturated rings. The predicted molar refractivity (Wildman–Crippen MR) is 112 cm³/mol. The Bertz CT molecular complexity index is 783. The van der Waals surface area contributed by atoms with Crippen molar-refractivity contribution >= 4 is 29.9 Å². The number of ether oxygens (including phenoxy) is 1. The van der Waals surface area contributed by atoms with Crippen molar-refractivity contribution in [1.82, 2.24) is 15.5 Å². The van der Waals surface area contributed by atoms with Gasteiger partial charge in [-0.1, -0.05) is 30.3 Å². The summed E-state index contributed by atoms with van der Waals surface area (Å²) >= 11 is 0. The van der Waals surface area contributed by atoms with Gasteiger partial charge in [-0.3, -0.25) is 19.7 Å². The SMILES string of the molecule is CC(C)NC(=O)NC(=O)[C@H](C)OC(=O)C1CCN(C(=O)/C=C/c2ccccc2)CC1. The van der Waals surface area contributed by atoms with Crippen LogP contribution in [0, 0.1) is 5.92 Å². The number of amides is 4.